The quantitative estimate of drug-likeness (QED) is 0.177. The maximum absolute atomic E-state index is 9.57. The van der Waals surface area contributed by atoms with Gasteiger partial charge in [0.25, 0.3) is 0 Å². The van der Waals surface area contributed by atoms with Crippen LogP contribution in [0.5, 0.6) is 0 Å². The molecule has 0 heterocycles. The van der Waals surface area contributed by atoms with Gasteiger partial charge in [0.1, 0.15) is 0 Å². The molecule has 0 saturated carbocycles. The van der Waals surface area contributed by atoms with Crippen molar-refractivity contribution in [3.63, 3.8) is 0 Å². The van der Waals surface area contributed by atoms with Crippen LogP contribution < -0.4 is 0 Å². The van der Waals surface area contributed by atoms with Gasteiger partial charge in [0, 0.05) is 0 Å². The number of fused-ring (bicyclic) bond motifs is 4. The SMILES string of the molecule is [2H]c1c([2H])c2c([2H])c([2H])c3c([2H])c(-c4c5ccccc5cc5ccc6ccccc6c45)c([2H])c4c([2H])c([2H])c(c1[2H])c2c34. The molecule has 34 heavy (non-hydrogen) atoms. The summed E-state index contributed by atoms with van der Waals surface area (Å²) in [5.41, 5.74) is 0.807. The van der Waals surface area contributed by atoms with Gasteiger partial charge < -0.3 is 0 Å². The zero-order chi connectivity index (χ0) is 30.1. The van der Waals surface area contributed by atoms with Gasteiger partial charge >= 0.3 is 0 Å². The average Bonchev–Trinajstić information content (AvgIpc) is 3.00. The van der Waals surface area contributed by atoms with Crippen LogP contribution in [-0.4, -0.2) is 0 Å². The number of hydrogen-bond acceptors (Lipinski definition) is 0. The van der Waals surface area contributed by atoms with E-state index in [1.165, 1.54) is 0 Å². The van der Waals surface area contributed by atoms with Crippen molar-refractivity contribution in [2.45, 2.75) is 0 Å². The van der Waals surface area contributed by atoms with Crippen LogP contribution in [0.2, 0.25) is 0 Å². The minimum atomic E-state index is -0.487. The lowest BCUT2D eigenvalue weighted by molar-refractivity contribution is 1.73. The largest absolute Gasteiger partial charge is 0.0636 e. The summed E-state index contributed by atoms with van der Waals surface area (Å²) in [5.74, 6) is 0. The van der Waals surface area contributed by atoms with Crippen molar-refractivity contribution < 1.29 is 12.3 Å². The van der Waals surface area contributed by atoms with E-state index >= 15 is 0 Å². The molecule has 156 valence electrons. The third kappa shape index (κ3) is 2.37. The van der Waals surface area contributed by atoms with E-state index < -0.39 is 18.1 Å². The minimum absolute atomic E-state index is 0.0369. The molecule has 0 heteroatoms. The highest BCUT2D eigenvalue weighted by molar-refractivity contribution is 6.26. The number of hydrogen-bond donors (Lipinski definition) is 0. The van der Waals surface area contributed by atoms with Crippen LogP contribution in [0.3, 0.4) is 0 Å². The van der Waals surface area contributed by atoms with E-state index in [0.717, 1.165) is 32.3 Å². The molecule has 0 aliphatic heterocycles. The normalized spacial score (nSPS) is 15.8. The molecule has 0 bridgehead atoms. The first kappa shape index (κ1) is 11.6. The number of benzene rings is 8. The van der Waals surface area contributed by atoms with Crippen LogP contribution in [-0.2, 0) is 0 Å². The Bertz CT molecular complexity index is 2460. The summed E-state index contributed by atoms with van der Waals surface area (Å²) in [4.78, 5) is 0. The molecule has 0 aliphatic carbocycles. The van der Waals surface area contributed by atoms with E-state index in [9.17, 15) is 2.74 Å². The van der Waals surface area contributed by atoms with Gasteiger partial charge in [-0.15, -0.1) is 0 Å². The lowest BCUT2D eigenvalue weighted by Gasteiger charge is -2.17. The highest BCUT2D eigenvalue weighted by atomic mass is 14.2. The highest BCUT2D eigenvalue weighted by Crippen LogP contribution is 2.43. The summed E-state index contributed by atoms with van der Waals surface area (Å²) in [7, 11) is 0. The summed E-state index contributed by atoms with van der Waals surface area (Å²) < 4.78 is 80.4. The maximum Gasteiger partial charge on any atom is 0.0636 e. The minimum Gasteiger partial charge on any atom is -0.0616 e. The molecule has 0 aliphatic rings. The van der Waals surface area contributed by atoms with E-state index in [0.29, 0.717) is 5.56 Å². The average molecular weight is 438 g/mol. The van der Waals surface area contributed by atoms with Crippen molar-refractivity contribution in [1.82, 2.24) is 0 Å². The van der Waals surface area contributed by atoms with Crippen molar-refractivity contribution in [3.05, 3.63) is 121 Å². The molecule has 8 aromatic rings. The Labute approximate surface area is 209 Å². The second kappa shape index (κ2) is 6.56. The highest BCUT2D eigenvalue weighted by Gasteiger charge is 2.15. The molecule has 0 spiro atoms. The van der Waals surface area contributed by atoms with Gasteiger partial charge in [-0.1, -0.05) is 103 Å². The Hall–Kier alpha value is -4.42. The molecule has 0 radical (unpaired) electrons. The number of rotatable bonds is 1. The predicted octanol–water partition coefficient (Wildman–Crippen LogP) is 9.71. The molecule has 0 atom stereocenters. The summed E-state index contributed by atoms with van der Waals surface area (Å²) in [6.07, 6.45) is 0. The van der Waals surface area contributed by atoms with Crippen molar-refractivity contribution in [2.24, 2.45) is 0 Å². The Balaban J connectivity index is 1.72. The molecule has 0 unspecified atom stereocenters. The molecule has 0 amide bonds. The van der Waals surface area contributed by atoms with Crippen LogP contribution in [0.15, 0.2) is 121 Å². The molecule has 0 N–H and O–H groups in total. The van der Waals surface area contributed by atoms with Crippen LogP contribution in [0.25, 0.3) is 75.8 Å². The van der Waals surface area contributed by atoms with Gasteiger partial charge in [0.15, 0.2) is 0 Å². The van der Waals surface area contributed by atoms with Gasteiger partial charge in [-0.25, -0.2) is 0 Å². The third-order valence-electron chi connectivity index (χ3n) is 6.75. The Morgan fingerprint density at radius 3 is 1.79 bits per heavy atom. The lowest BCUT2D eigenvalue weighted by Crippen LogP contribution is -1.89. The Kier molecular flexibility index (Phi) is 2.24. The lowest BCUT2D eigenvalue weighted by atomic mass is 9.86. The zero-order valence-corrected chi connectivity index (χ0v) is 17.9. The Morgan fingerprint density at radius 2 is 1.03 bits per heavy atom. The second-order valence-corrected chi connectivity index (χ2v) is 8.61. The summed E-state index contributed by atoms with van der Waals surface area (Å²) in [5, 5.41) is 5.51. The Morgan fingerprint density at radius 1 is 0.441 bits per heavy atom. The first-order valence-electron chi connectivity index (χ1n) is 15.6. The second-order valence-electron chi connectivity index (χ2n) is 8.61. The molecule has 0 saturated heterocycles. The molecule has 0 aromatic heterocycles. The first-order valence-corrected chi connectivity index (χ1v) is 11.1. The van der Waals surface area contributed by atoms with E-state index in [-0.39, 0.29) is 74.1 Å². The third-order valence-corrected chi connectivity index (χ3v) is 6.75. The van der Waals surface area contributed by atoms with Crippen molar-refractivity contribution in [3.8, 4) is 11.1 Å². The van der Waals surface area contributed by atoms with E-state index in [4.69, 9.17) is 9.60 Å². The van der Waals surface area contributed by atoms with Gasteiger partial charge in [0.05, 0.1) is 12.3 Å². The summed E-state index contributed by atoms with van der Waals surface area (Å²) >= 11 is 0. The predicted molar refractivity (Wildman–Crippen MR) is 148 cm³/mol. The van der Waals surface area contributed by atoms with E-state index in [1.807, 2.05) is 60.7 Å². The van der Waals surface area contributed by atoms with Crippen LogP contribution in [0.4, 0.5) is 0 Å². The van der Waals surface area contributed by atoms with Crippen molar-refractivity contribution >= 4 is 64.6 Å². The molecule has 0 nitrogen and oxygen atoms in total. The summed E-state index contributed by atoms with van der Waals surface area (Å²) in [6, 6.07) is 18.6. The van der Waals surface area contributed by atoms with Crippen molar-refractivity contribution in [1.29, 1.82) is 0 Å². The van der Waals surface area contributed by atoms with Crippen LogP contribution >= 0.6 is 0 Å². The molecular weight excluding hydrogens is 408 g/mol. The molecular formula is C34H20. The first-order chi connectivity index (χ1) is 20.6. The maximum atomic E-state index is 9.57. The van der Waals surface area contributed by atoms with Gasteiger partial charge in [-0.3, -0.25) is 0 Å². The van der Waals surface area contributed by atoms with Crippen LogP contribution in [0.1, 0.15) is 12.3 Å². The fraction of sp³-hybridized carbons (Fsp3) is 0. The van der Waals surface area contributed by atoms with Gasteiger partial charge in [-0.2, -0.15) is 0 Å². The topological polar surface area (TPSA) is 0 Å². The molecule has 8 rings (SSSR count). The monoisotopic (exact) mass is 437 g/mol. The zero-order valence-electron chi connectivity index (χ0n) is 26.9. The standard InChI is InChI=1S/C34H20/c1-3-10-29-21(6-1)12-15-27-18-24-7-2-4-11-30(24)34(33(27)29)28-19-25-16-13-22-8-5-9-23-14-17-26(20-28)32(25)31(22)23/h1-20H/i5D,8D,9D,13D,14D,16D,17D,19D,20D. The van der Waals surface area contributed by atoms with E-state index in [1.54, 1.807) is 0 Å². The summed E-state index contributed by atoms with van der Waals surface area (Å²) in [6.45, 7) is 0. The van der Waals surface area contributed by atoms with Crippen LogP contribution in [0, 0.1) is 0 Å². The smallest absolute Gasteiger partial charge is 0.0616 e. The van der Waals surface area contributed by atoms with Gasteiger partial charge in [-0.05, 0) is 93.9 Å². The van der Waals surface area contributed by atoms with Gasteiger partial charge in [0.2, 0.25) is 0 Å². The molecule has 0 fully saturated rings. The fourth-order valence-corrected chi connectivity index (χ4v) is 5.29. The molecule has 8 aromatic carbocycles. The van der Waals surface area contributed by atoms with E-state index in [2.05, 4.69) is 6.07 Å². The fourth-order valence-electron chi connectivity index (χ4n) is 5.29. The van der Waals surface area contributed by atoms with Crippen molar-refractivity contribution in [2.75, 3.05) is 0 Å².